The lowest BCUT2D eigenvalue weighted by Gasteiger charge is -2.13. The third-order valence-corrected chi connectivity index (χ3v) is 6.77. The van der Waals surface area contributed by atoms with Crippen molar-refractivity contribution in [2.24, 2.45) is 0 Å². The number of nitrogens with one attached hydrogen (secondary N) is 1. The second-order valence-corrected chi connectivity index (χ2v) is 9.41. The van der Waals surface area contributed by atoms with Crippen LogP contribution in [0, 0.1) is 6.92 Å². The number of hydrogen-bond acceptors (Lipinski definition) is 5. The van der Waals surface area contributed by atoms with Gasteiger partial charge in [0.15, 0.2) is 9.84 Å². The Morgan fingerprint density at radius 2 is 2.33 bits per heavy atom. The number of carbonyl (C=O) groups is 1. The first-order valence-corrected chi connectivity index (χ1v) is 10.7. The summed E-state index contributed by atoms with van der Waals surface area (Å²) in [7, 11) is -2.99. The van der Waals surface area contributed by atoms with Crippen molar-refractivity contribution in [2.75, 3.05) is 16.8 Å². The number of aryl methyl sites for hydroxylation is 2. The van der Waals surface area contributed by atoms with E-state index in [9.17, 15) is 13.2 Å². The summed E-state index contributed by atoms with van der Waals surface area (Å²) in [6, 6.07) is 5.69. The predicted octanol–water partition coefficient (Wildman–Crippen LogP) is 2.57. The van der Waals surface area contributed by atoms with Crippen LogP contribution in [0.2, 0.25) is 0 Å². The third kappa shape index (κ3) is 4.24. The van der Waals surface area contributed by atoms with Crippen molar-refractivity contribution in [1.29, 1.82) is 0 Å². The highest BCUT2D eigenvalue weighted by atomic mass is 32.2. The summed E-state index contributed by atoms with van der Waals surface area (Å²) >= 11 is 1.70. The van der Waals surface area contributed by atoms with E-state index in [-0.39, 0.29) is 23.5 Å². The highest BCUT2D eigenvalue weighted by Crippen LogP contribution is 2.27. The van der Waals surface area contributed by atoms with Crippen LogP contribution in [-0.4, -0.2) is 35.6 Å². The van der Waals surface area contributed by atoms with E-state index in [1.165, 1.54) is 4.88 Å². The van der Waals surface area contributed by atoms with Crippen molar-refractivity contribution in [3.63, 3.8) is 0 Å². The summed E-state index contributed by atoms with van der Waals surface area (Å²) in [5.41, 5.74) is 0.771. The standard InChI is InChI=1S/C16H21N3O3S2/c1-12-10-15(19(18-12)13-7-9-24(21,22)11-13)17-16(20)6-2-4-14-5-3-8-23-14/h3,5,8,10,13H,2,4,6-7,9,11H2,1H3,(H,17,20)/t13-/m0/s1. The lowest BCUT2D eigenvalue weighted by molar-refractivity contribution is -0.116. The number of thiophene rings is 1. The molecule has 6 nitrogen and oxygen atoms in total. The van der Waals surface area contributed by atoms with E-state index in [4.69, 9.17) is 0 Å². The van der Waals surface area contributed by atoms with Gasteiger partial charge in [-0.1, -0.05) is 6.07 Å². The van der Waals surface area contributed by atoms with Crippen LogP contribution in [-0.2, 0) is 21.1 Å². The first kappa shape index (κ1) is 17.2. The number of rotatable bonds is 6. The summed E-state index contributed by atoms with van der Waals surface area (Å²) in [6.07, 6.45) is 2.66. The largest absolute Gasteiger partial charge is 0.311 e. The minimum atomic E-state index is -2.99. The van der Waals surface area contributed by atoms with Gasteiger partial charge in [0.1, 0.15) is 5.82 Å². The molecule has 8 heteroatoms. The minimum Gasteiger partial charge on any atom is -0.311 e. The van der Waals surface area contributed by atoms with Gasteiger partial charge in [0, 0.05) is 17.4 Å². The molecule has 2 aromatic rings. The summed E-state index contributed by atoms with van der Waals surface area (Å²) < 4.78 is 25.0. The van der Waals surface area contributed by atoms with Crippen molar-refractivity contribution in [3.05, 3.63) is 34.2 Å². The van der Waals surface area contributed by atoms with Crippen LogP contribution < -0.4 is 5.32 Å². The van der Waals surface area contributed by atoms with Gasteiger partial charge in [0.2, 0.25) is 5.91 Å². The van der Waals surface area contributed by atoms with Gasteiger partial charge in [-0.05, 0) is 37.6 Å². The Bertz CT molecular complexity index is 810. The molecule has 130 valence electrons. The van der Waals surface area contributed by atoms with Crippen LogP contribution in [0.5, 0.6) is 0 Å². The van der Waals surface area contributed by atoms with Crippen molar-refractivity contribution in [3.8, 4) is 0 Å². The molecular weight excluding hydrogens is 346 g/mol. The van der Waals surface area contributed by atoms with Crippen molar-refractivity contribution in [2.45, 2.75) is 38.6 Å². The zero-order valence-electron chi connectivity index (χ0n) is 13.6. The molecule has 1 amide bonds. The Kier molecular flexibility index (Phi) is 5.05. The quantitative estimate of drug-likeness (QED) is 0.851. The maximum absolute atomic E-state index is 12.2. The zero-order valence-corrected chi connectivity index (χ0v) is 15.2. The van der Waals surface area contributed by atoms with E-state index in [1.54, 1.807) is 22.1 Å². The number of aromatic nitrogens is 2. The van der Waals surface area contributed by atoms with Gasteiger partial charge in [-0.25, -0.2) is 13.1 Å². The molecule has 1 aliphatic heterocycles. The summed E-state index contributed by atoms with van der Waals surface area (Å²) in [5, 5.41) is 9.29. The SMILES string of the molecule is Cc1cc(NC(=O)CCCc2cccs2)n([C@H]2CCS(=O)(=O)C2)n1. The third-order valence-electron chi connectivity index (χ3n) is 4.09. The van der Waals surface area contributed by atoms with Crippen molar-refractivity contribution >= 4 is 32.9 Å². The molecule has 0 unspecified atom stereocenters. The maximum atomic E-state index is 12.2. The molecule has 1 aliphatic rings. The fourth-order valence-electron chi connectivity index (χ4n) is 2.94. The smallest absolute Gasteiger partial charge is 0.225 e. The Labute approximate surface area is 145 Å². The van der Waals surface area contributed by atoms with Crippen LogP contribution in [0.1, 0.15) is 35.9 Å². The lowest BCUT2D eigenvalue weighted by atomic mass is 10.2. The number of nitrogens with zero attached hydrogens (tertiary/aromatic N) is 2. The first-order chi connectivity index (χ1) is 11.4. The van der Waals surface area contributed by atoms with Gasteiger partial charge >= 0.3 is 0 Å². The molecule has 1 fully saturated rings. The van der Waals surface area contributed by atoms with E-state index in [2.05, 4.69) is 16.5 Å². The van der Waals surface area contributed by atoms with E-state index in [0.29, 0.717) is 18.7 Å². The normalized spacial score (nSPS) is 19.5. The molecule has 0 saturated carbocycles. The first-order valence-electron chi connectivity index (χ1n) is 8.02. The Balaban J connectivity index is 1.59. The van der Waals surface area contributed by atoms with E-state index >= 15 is 0 Å². The molecule has 2 aromatic heterocycles. The van der Waals surface area contributed by atoms with Crippen LogP contribution in [0.25, 0.3) is 0 Å². The molecule has 0 radical (unpaired) electrons. The van der Waals surface area contributed by atoms with Gasteiger partial charge in [-0.15, -0.1) is 11.3 Å². The average Bonchev–Trinajstić information content (AvgIpc) is 3.20. The predicted molar refractivity (Wildman–Crippen MR) is 95.2 cm³/mol. The molecule has 1 atom stereocenters. The number of sulfone groups is 1. The number of hydrogen-bond donors (Lipinski definition) is 1. The second-order valence-electron chi connectivity index (χ2n) is 6.15. The Morgan fingerprint density at radius 3 is 3.00 bits per heavy atom. The zero-order chi connectivity index (χ0) is 17.2. The second kappa shape index (κ2) is 7.06. The van der Waals surface area contributed by atoms with Crippen LogP contribution >= 0.6 is 11.3 Å². The molecule has 1 saturated heterocycles. The molecule has 0 aromatic carbocycles. The van der Waals surface area contributed by atoms with E-state index < -0.39 is 9.84 Å². The summed E-state index contributed by atoms with van der Waals surface area (Å²) in [6.45, 7) is 1.84. The van der Waals surface area contributed by atoms with Crippen LogP contribution in [0.3, 0.4) is 0 Å². The maximum Gasteiger partial charge on any atom is 0.225 e. The molecule has 1 N–H and O–H groups in total. The van der Waals surface area contributed by atoms with E-state index in [0.717, 1.165) is 18.5 Å². The molecule has 3 heterocycles. The highest BCUT2D eigenvalue weighted by Gasteiger charge is 2.31. The Morgan fingerprint density at radius 1 is 1.50 bits per heavy atom. The highest BCUT2D eigenvalue weighted by molar-refractivity contribution is 7.91. The average molecular weight is 367 g/mol. The number of carbonyl (C=O) groups excluding carboxylic acids is 1. The molecule has 0 aliphatic carbocycles. The molecule has 3 rings (SSSR count). The summed E-state index contributed by atoms with van der Waals surface area (Å²) in [4.78, 5) is 13.5. The molecule has 0 bridgehead atoms. The van der Waals surface area contributed by atoms with Gasteiger partial charge in [0.05, 0.1) is 23.2 Å². The van der Waals surface area contributed by atoms with Gasteiger partial charge < -0.3 is 5.32 Å². The topological polar surface area (TPSA) is 81.1 Å². The number of amides is 1. The van der Waals surface area contributed by atoms with E-state index in [1.807, 2.05) is 18.4 Å². The summed E-state index contributed by atoms with van der Waals surface area (Å²) in [5.74, 6) is 0.810. The number of anilines is 1. The Hall–Kier alpha value is -1.67. The lowest BCUT2D eigenvalue weighted by Crippen LogP contribution is -2.19. The monoisotopic (exact) mass is 367 g/mol. The molecular formula is C16H21N3O3S2. The van der Waals surface area contributed by atoms with Crippen molar-refractivity contribution < 1.29 is 13.2 Å². The van der Waals surface area contributed by atoms with Crippen molar-refractivity contribution in [1.82, 2.24) is 9.78 Å². The minimum absolute atomic E-state index is 0.0615. The van der Waals surface area contributed by atoms with Crippen LogP contribution in [0.15, 0.2) is 23.6 Å². The molecule has 24 heavy (non-hydrogen) atoms. The van der Waals surface area contributed by atoms with Crippen LogP contribution in [0.4, 0.5) is 5.82 Å². The van der Waals surface area contributed by atoms with Gasteiger partial charge in [-0.2, -0.15) is 5.10 Å². The fourth-order valence-corrected chi connectivity index (χ4v) is 5.38. The van der Waals surface area contributed by atoms with Gasteiger partial charge in [-0.3, -0.25) is 4.79 Å². The van der Waals surface area contributed by atoms with Gasteiger partial charge in [0.25, 0.3) is 0 Å². The molecule has 0 spiro atoms. The fraction of sp³-hybridized carbons (Fsp3) is 0.500.